The quantitative estimate of drug-likeness (QED) is 0.103. The van der Waals surface area contributed by atoms with Crippen molar-refractivity contribution in [3.8, 4) is 11.5 Å². The molecule has 3 N–H and O–H groups in total. The first-order chi connectivity index (χ1) is 20.4. The number of aromatic nitrogens is 3. The number of anilines is 1. The van der Waals surface area contributed by atoms with Crippen LogP contribution < -0.4 is 20.1 Å². The molecule has 0 aliphatic carbocycles. The largest absolute Gasteiger partial charge is 0.459 e. The van der Waals surface area contributed by atoms with Gasteiger partial charge in [0.15, 0.2) is 5.82 Å². The van der Waals surface area contributed by atoms with Gasteiger partial charge in [-0.1, -0.05) is 54.6 Å². The first-order valence-corrected chi connectivity index (χ1v) is 15.1. The molecule has 3 aromatic carbocycles. The topological polar surface area (TPSA) is 140 Å². The minimum absolute atomic E-state index is 0.0568. The minimum Gasteiger partial charge on any atom is -0.425 e. The summed E-state index contributed by atoms with van der Waals surface area (Å²) >= 11 is 0. The maximum atomic E-state index is 14.0. The van der Waals surface area contributed by atoms with Crippen molar-refractivity contribution in [3.05, 3.63) is 90.8 Å². The van der Waals surface area contributed by atoms with E-state index in [9.17, 15) is 9.36 Å². The molecule has 0 saturated carbocycles. The van der Waals surface area contributed by atoms with Crippen LogP contribution >= 0.6 is 7.75 Å². The highest BCUT2D eigenvalue weighted by atomic mass is 31.2. The average molecular weight is 590 g/mol. The summed E-state index contributed by atoms with van der Waals surface area (Å²) in [7, 11) is -4.08. The first-order valence-electron chi connectivity index (χ1n) is 13.5. The van der Waals surface area contributed by atoms with Crippen molar-refractivity contribution >= 4 is 41.5 Å². The molecule has 0 amide bonds. The fraction of sp³-hybridized carbons (Fsp3) is 0.233. The average Bonchev–Trinajstić information content (AvgIpc) is 3.36. The van der Waals surface area contributed by atoms with Gasteiger partial charge in [0.05, 0.1) is 17.6 Å². The number of nitrogens with two attached hydrogens (primary N) is 1. The number of nitrogens with one attached hydrogen (secondary N) is 1. The molecule has 0 aliphatic rings. The third-order valence-corrected chi connectivity index (χ3v) is 8.01. The van der Waals surface area contributed by atoms with Crippen LogP contribution in [0.4, 0.5) is 5.82 Å². The maximum Gasteiger partial charge on any atom is 0.459 e. The van der Waals surface area contributed by atoms with Crippen molar-refractivity contribution in [1.29, 1.82) is 0 Å². The Hall–Kier alpha value is -4.28. The summed E-state index contributed by atoms with van der Waals surface area (Å²) < 4.78 is 38.7. The van der Waals surface area contributed by atoms with Crippen LogP contribution in [0, 0.1) is 0 Å². The fourth-order valence-electron chi connectivity index (χ4n) is 4.39. The number of para-hydroxylation sites is 3. The number of pyridine rings is 1. The van der Waals surface area contributed by atoms with Crippen LogP contribution in [0.5, 0.6) is 11.5 Å². The van der Waals surface area contributed by atoms with Gasteiger partial charge in [-0.2, -0.15) is 5.09 Å². The van der Waals surface area contributed by atoms with Crippen molar-refractivity contribution in [2.24, 2.45) is 0 Å². The molecular weight excluding hydrogens is 557 g/mol. The SMILES string of the molecule is CCOCc1nc2c(N)nc3ccccc3c2n1CCOP(=O)(N[C@@H](C)C(=O)Oc1ccccc1)Oc1ccccc1. The lowest BCUT2D eigenvalue weighted by Crippen LogP contribution is -2.36. The van der Waals surface area contributed by atoms with E-state index in [0.29, 0.717) is 35.3 Å². The van der Waals surface area contributed by atoms with Gasteiger partial charge < -0.3 is 24.3 Å². The van der Waals surface area contributed by atoms with E-state index in [1.54, 1.807) is 54.6 Å². The lowest BCUT2D eigenvalue weighted by Gasteiger charge is -2.23. The van der Waals surface area contributed by atoms with E-state index in [-0.39, 0.29) is 19.8 Å². The van der Waals surface area contributed by atoms with Gasteiger partial charge in [-0.25, -0.2) is 19.3 Å². The third-order valence-electron chi connectivity index (χ3n) is 6.34. The Morgan fingerprint density at radius 1 is 0.976 bits per heavy atom. The summed E-state index contributed by atoms with van der Waals surface area (Å²) in [5.41, 5.74) is 8.31. The number of esters is 1. The number of fused-ring (bicyclic) bond motifs is 3. The number of carbonyl (C=O) groups is 1. The van der Waals surface area contributed by atoms with Gasteiger partial charge in [0.1, 0.15) is 35.5 Å². The van der Waals surface area contributed by atoms with Gasteiger partial charge in [0.2, 0.25) is 0 Å². The van der Waals surface area contributed by atoms with E-state index in [1.165, 1.54) is 6.92 Å². The van der Waals surface area contributed by atoms with Gasteiger partial charge in [-0.3, -0.25) is 4.52 Å². The molecule has 42 heavy (non-hydrogen) atoms. The highest BCUT2D eigenvalue weighted by Crippen LogP contribution is 2.45. The first kappa shape index (κ1) is 29.2. The van der Waals surface area contributed by atoms with E-state index in [2.05, 4.69) is 10.1 Å². The number of carbonyl (C=O) groups excluding carboxylic acids is 1. The number of hydrogen-bond donors (Lipinski definition) is 2. The van der Waals surface area contributed by atoms with Crippen LogP contribution in [-0.2, 0) is 31.8 Å². The van der Waals surface area contributed by atoms with Gasteiger partial charge in [-0.15, -0.1) is 0 Å². The number of ether oxygens (including phenoxy) is 2. The zero-order chi connectivity index (χ0) is 29.5. The van der Waals surface area contributed by atoms with Crippen molar-refractivity contribution in [3.63, 3.8) is 0 Å². The summed E-state index contributed by atoms with van der Waals surface area (Å²) in [4.78, 5) is 22.0. The smallest absolute Gasteiger partial charge is 0.425 e. The molecule has 2 atom stereocenters. The van der Waals surface area contributed by atoms with Crippen molar-refractivity contribution in [1.82, 2.24) is 19.6 Å². The van der Waals surface area contributed by atoms with E-state index < -0.39 is 19.8 Å². The second-order valence-electron chi connectivity index (χ2n) is 9.35. The highest BCUT2D eigenvalue weighted by molar-refractivity contribution is 7.52. The summed E-state index contributed by atoms with van der Waals surface area (Å²) in [5, 5.41) is 3.58. The normalized spacial score (nSPS) is 13.6. The summed E-state index contributed by atoms with van der Waals surface area (Å²) in [6, 6.07) is 23.8. The predicted molar refractivity (Wildman–Crippen MR) is 160 cm³/mol. The molecule has 0 radical (unpaired) electrons. The van der Waals surface area contributed by atoms with Crippen LogP contribution in [0.1, 0.15) is 19.7 Å². The highest BCUT2D eigenvalue weighted by Gasteiger charge is 2.32. The number of benzene rings is 3. The van der Waals surface area contributed by atoms with Crippen LogP contribution in [0.3, 0.4) is 0 Å². The lowest BCUT2D eigenvalue weighted by atomic mass is 10.2. The van der Waals surface area contributed by atoms with Crippen LogP contribution in [0.15, 0.2) is 84.9 Å². The molecule has 218 valence electrons. The Kier molecular flexibility index (Phi) is 9.14. The number of rotatable bonds is 13. The van der Waals surface area contributed by atoms with E-state index in [4.69, 9.17) is 29.2 Å². The van der Waals surface area contributed by atoms with Crippen LogP contribution in [0.25, 0.3) is 21.9 Å². The van der Waals surface area contributed by atoms with E-state index in [1.807, 2.05) is 41.8 Å². The van der Waals surface area contributed by atoms with Gasteiger partial charge in [0.25, 0.3) is 0 Å². The Morgan fingerprint density at radius 2 is 1.64 bits per heavy atom. The molecule has 0 aliphatic heterocycles. The molecule has 0 saturated heterocycles. The molecule has 2 heterocycles. The van der Waals surface area contributed by atoms with Gasteiger partial charge in [-0.05, 0) is 44.2 Å². The molecule has 5 rings (SSSR count). The fourth-order valence-corrected chi connectivity index (χ4v) is 5.88. The summed E-state index contributed by atoms with van der Waals surface area (Å²) in [5.74, 6) is 0.951. The van der Waals surface area contributed by atoms with Gasteiger partial charge >= 0.3 is 13.7 Å². The van der Waals surface area contributed by atoms with Gasteiger partial charge in [0, 0.05) is 18.5 Å². The predicted octanol–water partition coefficient (Wildman–Crippen LogP) is 5.49. The number of nitrogens with zero attached hydrogens (tertiary/aromatic N) is 3. The zero-order valence-electron chi connectivity index (χ0n) is 23.3. The molecule has 0 bridgehead atoms. The number of imidazole rings is 1. The Labute approximate surface area is 243 Å². The molecule has 12 heteroatoms. The Balaban J connectivity index is 1.40. The number of nitrogen functional groups attached to an aromatic ring is 1. The second kappa shape index (κ2) is 13.1. The molecule has 0 fully saturated rings. The molecule has 0 spiro atoms. The molecular formula is C30H32N5O6P. The second-order valence-corrected chi connectivity index (χ2v) is 11.0. The van der Waals surface area contributed by atoms with Crippen molar-refractivity contribution in [2.75, 3.05) is 18.9 Å². The molecule has 2 aromatic heterocycles. The number of hydrogen-bond acceptors (Lipinski definition) is 9. The summed E-state index contributed by atoms with van der Waals surface area (Å²) in [6.07, 6.45) is 0. The van der Waals surface area contributed by atoms with Crippen LogP contribution in [-0.4, -0.2) is 39.8 Å². The molecule has 11 nitrogen and oxygen atoms in total. The van der Waals surface area contributed by atoms with Crippen molar-refractivity contribution in [2.45, 2.75) is 33.0 Å². The third kappa shape index (κ3) is 6.78. The maximum absolute atomic E-state index is 14.0. The lowest BCUT2D eigenvalue weighted by molar-refractivity contribution is -0.135. The standard InChI is InChI=1S/C30H32N5O6P/c1-3-38-20-26-33-27-28(24-16-10-11-17-25(24)32-29(27)31)35(26)18-19-39-42(37,41-23-14-8-5-9-15-23)34-21(2)30(36)40-22-12-6-4-7-13-22/h4-17,21H,3,18-20H2,1-2H3,(H2,31,32)(H,34,37)/t21-,42?/m0/s1. The van der Waals surface area contributed by atoms with E-state index >= 15 is 0 Å². The Morgan fingerprint density at radius 3 is 2.36 bits per heavy atom. The molecule has 5 aromatic rings. The zero-order valence-corrected chi connectivity index (χ0v) is 24.2. The van der Waals surface area contributed by atoms with E-state index in [0.717, 1.165) is 16.4 Å². The monoisotopic (exact) mass is 589 g/mol. The Bertz CT molecular complexity index is 1710. The minimum atomic E-state index is -4.08. The van der Waals surface area contributed by atoms with Crippen molar-refractivity contribution < 1.29 is 27.9 Å². The molecule has 1 unspecified atom stereocenters. The van der Waals surface area contributed by atoms with Crippen LogP contribution in [0.2, 0.25) is 0 Å². The summed E-state index contributed by atoms with van der Waals surface area (Å²) in [6.45, 7) is 4.33.